The summed E-state index contributed by atoms with van der Waals surface area (Å²) in [6.07, 6.45) is 4.82. The van der Waals surface area contributed by atoms with Gasteiger partial charge in [-0.15, -0.1) is 0 Å². The molecule has 0 aromatic heterocycles. The van der Waals surface area contributed by atoms with Gasteiger partial charge >= 0.3 is 0 Å². The van der Waals surface area contributed by atoms with E-state index in [1.807, 2.05) is 23.1 Å². The maximum atomic E-state index is 13.3. The van der Waals surface area contributed by atoms with Crippen LogP contribution in [0.5, 0.6) is 0 Å². The van der Waals surface area contributed by atoms with E-state index in [0.29, 0.717) is 21.8 Å². The van der Waals surface area contributed by atoms with E-state index in [1.165, 1.54) is 0 Å². The predicted molar refractivity (Wildman–Crippen MR) is 113 cm³/mol. The van der Waals surface area contributed by atoms with Crippen LogP contribution in [0.3, 0.4) is 0 Å². The standard InChI is InChI=1S/C21H22ClN5O/c22-15-10-8-14(9-11-15)18(28)16-6-2-3-7-17(16)27-20(24)25-19(23)26-21(27)12-4-1-5-13-21/h2-3,6-11H,1,4-5,12-13H2,(H4,23,24,25,26). The average Bonchev–Trinajstić information content (AvgIpc) is 2.68. The first-order valence-electron chi connectivity index (χ1n) is 9.39. The maximum absolute atomic E-state index is 13.3. The number of rotatable bonds is 3. The summed E-state index contributed by atoms with van der Waals surface area (Å²) >= 11 is 5.97. The third kappa shape index (κ3) is 3.24. The first-order chi connectivity index (χ1) is 13.5. The third-order valence-electron chi connectivity index (χ3n) is 5.35. The number of guanidine groups is 2. The Bertz CT molecular complexity index is 961. The van der Waals surface area contributed by atoms with Crippen molar-refractivity contribution in [1.82, 2.24) is 0 Å². The molecule has 28 heavy (non-hydrogen) atoms. The molecule has 144 valence electrons. The van der Waals surface area contributed by atoms with Gasteiger partial charge in [0.1, 0.15) is 5.66 Å². The number of halogens is 1. The molecule has 0 unspecified atom stereocenters. The molecule has 4 N–H and O–H groups in total. The predicted octanol–water partition coefficient (Wildman–Crippen LogP) is 3.68. The molecule has 0 amide bonds. The van der Waals surface area contributed by atoms with Crippen LogP contribution in [0.15, 0.2) is 58.5 Å². The van der Waals surface area contributed by atoms with Crippen LogP contribution in [0.1, 0.15) is 48.0 Å². The van der Waals surface area contributed by atoms with Gasteiger partial charge in [-0.2, -0.15) is 4.99 Å². The second kappa shape index (κ2) is 7.28. The molecule has 1 aliphatic heterocycles. The van der Waals surface area contributed by atoms with Crippen LogP contribution in [-0.4, -0.2) is 23.4 Å². The fourth-order valence-corrected chi connectivity index (χ4v) is 4.21. The van der Waals surface area contributed by atoms with Gasteiger partial charge in [-0.3, -0.25) is 9.69 Å². The van der Waals surface area contributed by atoms with Crippen molar-refractivity contribution in [3.63, 3.8) is 0 Å². The summed E-state index contributed by atoms with van der Waals surface area (Å²) in [5.41, 5.74) is 13.5. The lowest BCUT2D eigenvalue weighted by atomic mass is 9.86. The van der Waals surface area contributed by atoms with Crippen LogP contribution in [-0.2, 0) is 0 Å². The highest BCUT2D eigenvalue weighted by molar-refractivity contribution is 6.30. The molecule has 0 radical (unpaired) electrons. The van der Waals surface area contributed by atoms with Crippen molar-refractivity contribution in [2.24, 2.45) is 21.5 Å². The van der Waals surface area contributed by atoms with Crippen molar-refractivity contribution in [1.29, 1.82) is 0 Å². The topological polar surface area (TPSA) is 97.1 Å². The second-order valence-corrected chi connectivity index (χ2v) is 7.61. The normalized spacial score (nSPS) is 18.5. The SMILES string of the molecule is NC1=NC2(CCCCC2)N(c2ccccc2C(=O)c2ccc(Cl)cc2)C(N)=N1. The molecule has 4 rings (SSSR count). The molecular weight excluding hydrogens is 374 g/mol. The molecule has 0 bridgehead atoms. The Balaban J connectivity index is 1.81. The summed E-state index contributed by atoms with van der Waals surface area (Å²) in [5.74, 6) is 0.358. The molecule has 0 atom stereocenters. The summed E-state index contributed by atoms with van der Waals surface area (Å²) in [7, 11) is 0. The highest BCUT2D eigenvalue weighted by Gasteiger charge is 2.43. The Kier molecular flexibility index (Phi) is 4.81. The van der Waals surface area contributed by atoms with Gasteiger partial charge in [-0.25, -0.2) is 4.99 Å². The van der Waals surface area contributed by atoms with Crippen molar-refractivity contribution < 1.29 is 4.79 Å². The van der Waals surface area contributed by atoms with Gasteiger partial charge < -0.3 is 11.5 Å². The first kappa shape index (κ1) is 18.5. The summed E-state index contributed by atoms with van der Waals surface area (Å²) < 4.78 is 0. The smallest absolute Gasteiger partial charge is 0.220 e. The molecule has 1 fully saturated rings. The zero-order valence-electron chi connectivity index (χ0n) is 15.4. The Hall–Kier alpha value is -2.86. The molecule has 2 aromatic rings. The molecule has 0 saturated heterocycles. The van der Waals surface area contributed by atoms with E-state index in [0.717, 1.165) is 32.1 Å². The van der Waals surface area contributed by atoms with E-state index in [2.05, 4.69) is 4.99 Å². The van der Waals surface area contributed by atoms with Crippen molar-refractivity contribution in [2.45, 2.75) is 37.8 Å². The fraction of sp³-hybridized carbons (Fsp3) is 0.286. The summed E-state index contributed by atoms with van der Waals surface area (Å²) in [6, 6.07) is 14.3. The van der Waals surface area contributed by atoms with Crippen LogP contribution in [0, 0.1) is 0 Å². The van der Waals surface area contributed by atoms with E-state index in [9.17, 15) is 4.79 Å². The van der Waals surface area contributed by atoms with Gasteiger partial charge in [0.05, 0.1) is 5.69 Å². The van der Waals surface area contributed by atoms with E-state index < -0.39 is 5.66 Å². The van der Waals surface area contributed by atoms with Gasteiger partial charge in [0.15, 0.2) is 5.78 Å². The number of nitrogens with zero attached hydrogens (tertiary/aromatic N) is 3. The molecule has 2 aliphatic rings. The van der Waals surface area contributed by atoms with Crippen molar-refractivity contribution in [3.8, 4) is 0 Å². The van der Waals surface area contributed by atoms with Crippen LogP contribution in [0.4, 0.5) is 5.69 Å². The Morgan fingerprint density at radius 3 is 2.39 bits per heavy atom. The highest BCUT2D eigenvalue weighted by Crippen LogP contribution is 2.40. The number of ketones is 1. The van der Waals surface area contributed by atoms with E-state index in [-0.39, 0.29) is 17.7 Å². The molecule has 6 nitrogen and oxygen atoms in total. The zero-order chi connectivity index (χ0) is 19.7. The minimum Gasteiger partial charge on any atom is -0.369 e. The summed E-state index contributed by atoms with van der Waals surface area (Å²) in [5, 5.41) is 0.586. The molecule has 7 heteroatoms. The van der Waals surface area contributed by atoms with E-state index >= 15 is 0 Å². The number of carbonyl (C=O) groups is 1. The van der Waals surface area contributed by atoms with Gasteiger partial charge in [-0.05, 0) is 62.1 Å². The number of benzene rings is 2. The Labute approximate surface area is 168 Å². The minimum atomic E-state index is -0.593. The zero-order valence-corrected chi connectivity index (χ0v) is 16.2. The number of aliphatic imine (C=N–C) groups is 2. The molecular formula is C21H22ClN5O. The molecule has 1 heterocycles. The van der Waals surface area contributed by atoms with Crippen LogP contribution >= 0.6 is 11.6 Å². The molecule has 1 aliphatic carbocycles. The fourth-order valence-electron chi connectivity index (χ4n) is 4.09. The average molecular weight is 396 g/mol. The van der Waals surface area contributed by atoms with Gasteiger partial charge in [-0.1, -0.05) is 30.2 Å². The number of hydrogen-bond donors (Lipinski definition) is 2. The Morgan fingerprint density at radius 2 is 1.68 bits per heavy atom. The van der Waals surface area contributed by atoms with Crippen molar-refractivity contribution in [3.05, 3.63) is 64.7 Å². The van der Waals surface area contributed by atoms with E-state index in [1.54, 1.807) is 30.3 Å². The third-order valence-corrected chi connectivity index (χ3v) is 5.60. The Morgan fingerprint density at radius 1 is 1.00 bits per heavy atom. The lowest BCUT2D eigenvalue weighted by Crippen LogP contribution is -2.58. The van der Waals surface area contributed by atoms with Crippen molar-refractivity contribution in [2.75, 3.05) is 4.90 Å². The molecule has 2 aromatic carbocycles. The van der Waals surface area contributed by atoms with E-state index in [4.69, 9.17) is 28.1 Å². The van der Waals surface area contributed by atoms with Crippen LogP contribution in [0.2, 0.25) is 5.02 Å². The van der Waals surface area contributed by atoms with Gasteiger partial charge in [0, 0.05) is 16.1 Å². The number of anilines is 1. The second-order valence-electron chi connectivity index (χ2n) is 7.17. The number of para-hydroxylation sites is 1. The number of carbonyl (C=O) groups excluding carboxylic acids is 1. The quantitative estimate of drug-likeness (QED) is 0.774. The first-order valence-corrected chi connectivity index (χ1v) is 9.77. The van der Waals surface area contributed by atoms with Gasteiger partial charge in [0.2, 0.25) is 11.9 Å². The lowest BCUT2D eigenvalue weighted by Gasteiger charge is -2.46. The highest BCUT2D eigenvalue weighted by atomic mass is 35.5. The number of hydrogen-bond acceptors (Lipinski definition) is 6. The maximum Gasteiger partial charge on any atom is 0.220 e. The molecule has 1 spiro atoms. The van der Waals surface area contributed by atoms with Crippen LogP contribution < -0.4 is 16.4 Å². The number of nitrogens with two attached hydrogens (primary N) is 2. The van der Waals surface area contributed by atoms with Crippen LogP contribution in [0.25, 0.3) is 0 Å². The monoisotopic (exact) mass is 395 g/mol. The summed E-state index contributed by atoms with van der Waals surface area (Å²) in [6.45, 7) is 0. The minimum absolute atomic E-state index is 0.103. The lowest BCUT2D eigenvalue weighted by molar-refractivity contribution is 0.103. The largest absolute Gasteiger partial charge is 0.369 e. The molecule has 1 saturated carbocycles. The summed E-state index contributed by atoms with van der Waals surface area (Å²) in [4.78, 5) is 24.0. The van der Waals surface area contributed by atoms with Crippen molar-refractivity contribution >= 4 is 35.0 Å². The van der Waals surface area contributed by atoms with Gasteiger partial charge in [0.25, 0.3) is 0 Å².